The lowest BCUT2D eigenvalue weighted by molar-refractivity contribution is -0.118. The molecule has 0 saturated carbocycles. The molecular weight excluding hydrogens is 415 g/mol. The van der Waals surface area contributed by atoms with E-state index in [0.717, 1.165) is 0 Å². The van der Waals surface area contributed by atoms with Crippen LogP contribution in [0.5, 0.6) is 5.75 Å². The number of carbonyl (C=O) groups excluding carboxylic acids is 2. The fraction of sp³-hybridized carbons (Fsp3) is 0.318. The zero-order valence-electron chi connectivity index (χ0n) is 18.3. The quantitative estimate of drug-likeness (QED) is 0.557. The van der Waals surface area contributed by atoms with Gasteiger partial charge in [-0.1, -0.05) is 13.8 Å². The van der Waals surface area contributed by atoms with E-state index in [0.29, 0.717) is 29.4 Å². The van der Waals surface area contributed by atoms with Gasteiger partial charge in [0.05, 0.1) is 18.0 Å². The maximum absolute atomic E-state index is 14.4. The number of rotatable bonds is 8. The molecule has 3 rings (SSSR count). The van der Waals surface area contributed by atoms with Crippen molar-refractivity contribution >= 4 is 17.5 Å². The van der Waals surface area contributed by atoms with E-state index in [2.05, 4.69) is 26.2 Å². The Hall–Kier alpha value is -3.82. The Morgan fingerprint density at radius 3 is 2.47 bits per heavy atom. The second kappa shape index (κ2) is 9.99. The highest BCUT2D eigenvalue weighted by Gasteiger charge is 2.26. The molecule has 0 radical (unpaired) electrons. The lowest BCUT2D eigenvalue weighted by atomic mass is 10.0. The molecule has 0 saturated heterocycles. The first-order valence-corrected chi connectivity index (χ1v) is 10.2. The molecule has 2 N–H and O–H groups in total. The third-order valence-electron chi connectivity index (χ3n) is 4.74. The average Bonchev–Trinajstić information content (AvgIpc) is 3.19. The number of hydrogen-bond donors (Lipinski definition) is 2. The number of halogens is 1. The first kappa shape index (κ1) is 22.9. The van der Waals surface area contributed by atoms with Crippen molar-refractivity contribution in [2.24, 2.45) is 5.92 Å². The van der Waals surface area contributed by atoms with Gasteiger partial charge in [-0.25, -0.2) is 4.39 Å². The number of tetrazole rings is 1. The fourth-order valence-corrected chi connectivity index (χ4v) is 3.05. The van der Waals surface area contributed by atoms with Crippen LogP contribution in [-0.4, -0.2) is 44.7 Å². The van der Waals surface area contributed by atoms with Gasteiger partial charge in [-0.3, -0.25) is 9.59 Å². The Labute approximate surface area is 185 Å². The van der Waals surface area contributed by atoms with Crippen LogP contribution in [-0.2, 0) is 4.79 Å². The lowest BCUT2D eigenvalue weighted by Crippen LogP contribution is -2.47. The topological polar surface area (TPSA) is 111 Å². The van der Waals surface area contributed by atoms with E-state index < -0.39 is 23.7 Å². The smallest absolute Gasteiger partial charge is 0.251 e. The van der Waals surface area contributed by atoms with Crippen LogP contribution in [0.2, 0.25) is 0 Å². The van der Waals surface area contributed by atoms with Gasteiger partial charge in [-0.15, -0.1) is 5.10 Å². The number of ether oxygens (including phenoxy) is 1. The van der Waals surface area contributed by atoms with Crippen LogP contribution >= 0.6 is 0 Å². The highest BCUT2D eigenvalue weighted by atomic mass is 19.1. The van der Waals surface area contributed by atoms with Gasteiger partial charge in [-0.2, -0.15) is 4.68 Å². The SMILES string of the molecule is CCOc1ccc(C(=O)NC(C(=O)Nc2cc(-n3nnnc3C)ccc2F)C(C)C)cc1. The third-order valence-corrected chi connectivity index (χ3v) is 4.74. The Kier molecular flexibility index (Phi) is 7.14. The fourth-order valence-electron chi connectivity index (χ4n) is 3.05. The molecule has 0 bridgehead atoms. The second-order valence-electron chi connectivity index (χ2n) is 7.44. The van der Waals surface area contributed by atoms with E-state index in [1.807, 2.05) is 6.92 Å². The molecule has 1 aromatic heterocycles. The van der Waals surface area contributed by atoms with Gasteiger partial charge < -0.3 is 15.4 Å². The summed E-state index contributed by atoms with van der Waals surface area (Å²) in [5.74, 6) is -0.654. The summed E-state index contributed by atoms with van der Waals surface area (Å²) < 4.78 is 21.2. The van der Waals surface area contributed by atoms with Crippen molar-refractivity contribution in [1.29, 1.82) is 0 Å². The highest BCUT2D eigenvalue weighted by molar-refractivity contribution is 6.01. The number of amides is 2. The normalized spacial score (nSPS) is 11.8. The number of aromatic nitrogens is 4. The summed E-state index contributed by atoms with van der Waals surface area (Å²) in [5.41, 5.74) is 0.835. The molecule has 1 heterocycles. The number of aryl methyl sites for hydroxylation is 1. The van der Waals surface area contributed by atoms with E-state index in [-0.39, 0.29) is 11.6 Å². The molecule has 32 heavy (non-hydrogen) atoms. The lowest BCUT2D eigenvalue weighted by Gasteiger charge is -2.22. The van der Waals surface area contributed by atoms with E-state index in [1.54, 1.807) is 45.0 Å². The predicted molar refractivity (Wildman–Crippen MR) is 116 cm³/mol. The number of nitrogens with zero attached hydrogens (tertiary/aromatic N) is 4. The molecule has 0 fully saturated rings. The van der Waals surface area contributed by atoms with Crippen molar-refractivity contribution < 1.29 is 18.7 Å². The molecule has 0 spiro atoms. The standard InChI is InChI=1S/C22H25FN6O3/c1-5-32-17-9-6-15(7-10-17)21(30)25-20(13(2)3)22(31)24-19-12-16(8-11-18(19)23)29-14(4)26-27-28-29/h6-13,20H,5H2,1-4H3,(H,24,31)(H,25,30). The van der Waals surface area contributed by atoms with Gasteiger partial charge in [0.15, 0.2) is 5.82 Å². The van der Waals surface area contributed by atoms with Crippen LogP contribution < -0.4 is 15.4 Å². The van der Waals surface area contributed by atoms with Gasteiger partial charge in [0.2, 0.25) is 5.91 Å². The summed E-state index contributed by atoms with van der Waals surface area (Å²) in [4.78, 5) is 25.6. The average molecular weight is 440 g/mol. The van der Waals surface area contributed by atoms with Crippen LogP contribution in [0.25, 0.3) is 5.69 Å². The molecule has 10 heteroatoms. The minimum Gasteiger partial charge on any atom is -0.494 e. The molecule has 1 atom stereocenters. The monoisotopic (exact) mass is 440 g/mol. The largest absolute Gasteiger partial charge is 0.494 e. The van der Waals surface area contributed by atoms with Gasteiger partial charge >= 0.3 is 0 Å². The Bertz CT molecular complexity index is 1100. The van der Waals surface area contributed by atoms with E-state index in [1.165, 1.54) is 22.9 Å². The molecule has 0 aliphatic rings. The first-order valence-electron chi connectivity index (χ1n) is 10.2. The van der Waals surface area contributed by atoms with Crippen LogP contribution in [0, 0.1) is 18.7 Å². The number of hydrogen-bond acceptors (Lipinski definition) is 6. The second-order valence-corrected chi connectivity index (χ2v) is 7.44. The molecule has 0 aliphatic carbocycles. The van der Waals surface area contributed by atoms with E-state index >= 15 is 0 Å². The highest BCUT2D eigenvalue weighted by Crippen LogP contribution is 2.20. The Morgan fingerprint density at radius 2 is 1.88 bits per heavy atom. The Balaban J connectivity index is 1.75. The molecule has 168 valence electrons. The summed E-state index contributed by atoms with van der Waals surface area (Å²) in [5, 5.41) is 16.5. The molecule has 2 aromatic carbocycles. The van der Waals surface area contributed by atoms with Crippen molar-refractivity contribution in [2.45, 2.75) is 33.7 Å². The molecule has 2 amide bonds. The third kappa shape index (κ3) is 5.26. The molecule has 1 unspecified atom stereocenters. The maximum atomic E-state index is 14.4. The van der Waals surface area contributed by atoms with Crippen molar-refractivity contribution in [3.63, 3.8) is 0 Å². The zero-order valence-corrected chi connectivity index (χ0v) is 18.3. The first-order chi connectivity index (χ1) is 15.3. The van der Waals surface area contributed by atoms with Crippen molar-refractivity contribution in [3.05, 3.63) is 59.7 Å². The number of carbonyl (C=O) groups is 2. The van der Waals surface area contributed by atoms with E-state index in [4.69, 9.17) is 4.74 Å². The van der Waals surface area contributed by atoms with Crippen molar-refractivity contribution in [2.75, 3.05) is 11.9 Å². The van der Waals surface area contributed by atoms with Gasteiger partial charge in [-0.05, 0) is 72.7 Å². The predicted octanol–water partition coefficient (Wildman–Crippen LogP) is 2.90. The van der Waals surface area contributed by atoms with Crippen LogP contribution in [0.1, 0.15) is 37.0 Å². The molecule has 9 nitrogen and oxygen atoms in total. The number of benzene rings is 2. The summed E-state index contributed by atoms with van der Waals surface area (Å²) in [6.45, 7) is 7.67. The summed E-state index contributed by atoms with van der Waals surface area (Å²) in [6, 6.07) is 9.88. The molecule has 0 aliphatic heterocycles. The zero-order chi connectivity index (χ0) is 23.3. The summed E-state index contributed by atoms with van der Waals surface area (Å²) >= 11 is 0. The molecular formula is C22H25FN6O3. The minimum atomic E-state index is -0.883. The maximum Gasteiger partial charge on any atom is 0.251 e. The Morgan fingerprint density at radius 1 is 1.16 bits per heavy atom. The van der Waals surface area contributed by atoms with Gasteiger partial charge in [0.25, 0.3) is 5.91 Å². The van der Waals surface area contributed by atoms with Crippen molar-refractivity contribution in [3.8, 4) is 11.4 Å². The van der Waals surface area contributed by atoms with Gasteiger partial charge in [0.1, 0.15) is 17.6 Å². The number of nitrogens with one attached hydrogen (secondary N) is 2. The van der Waals surface area contributed by atoms with Crippen molar-refractivity contribution in [1.82, 2.24) is 25.5 Å². The van der Waals surface area contributed by atoms with Crippen LogP contribution in [0.4, 0.5) is 10.1 Å². The minimum absolute atomic E-state index is 0.0385. The number of anilines is 1. The summed E-state index contributed by atoms with van der Waals surface area (Å²) in [7, 11) is 0. The van der Waals surface area contributed by atoms with E-state index in [9.17, 15) is 14.0 Å². The van der Waals surface area contributed by atoms with Crippen LogP contribution in [0.15, 0.2) is 42.5 Å². The molecule has 3 aromatic rings. The van der Waals surface area contributed by atoms with Gasteiger partial charge in [0, 0.05) is 5.56 Å². The summed E-state index contributed by atoms with van der Waals surface area (Å²) in [6.07, 6.45) is 0. The van der Waals surface area contributed by atoms with Crippen LogP contribution in [0.3, 0.4) is 0 Å².